The van der Waals surface area contributed by atoms with E-state index in [1.54, 1.807) is 30.6 Å². The molecule has 0 spiro atoms. The quantitative estimate of drug-likeness (QED) is 0.882. The van der Waals surface area contributed by atoms with Crippen molar-refractivity contribution in [2.75, 3.05) is 24.5 Å². The molecule has 25 heavy (non-hydrogen) atoms. The lowest BCUT2D eigenvalue weighted by Gasteiger charge is -2.41. The van der Waals surface area contributed by atoms with Crippen molar-refractivity contribution in [3.63, 3.8) is 0 Å². The van der Waals surface area contributed by atoms with Crippen LogP contribution in [0.3, 0.4) is 0 Å². The number of halogens is 2. The monoisotopic (exact) mass is 356 g/mol. The number of hydrogen-bond acceptors (Lipinski definition) is 4. The Bertz CT molecular complexity index is 665. The number of ether oxygens (including phenoxy) is 1. The van der Waals surface area contributed by atoms with Gasteiger partial charge < -0.3 is 19.6 Å². The van der Waals surface area contributed by atoms with Gasteiger partial charge in [0.2, 0.25) is 0 Å². The first kappa shape index (κ1) is 19.0. The highest BCUT2D eigenvalue weighted by molar-refractivity contribution is 5.88. The van der Waals surface area contributed by atoms with Gasteiger partial charge in [-0.1, -0.05) is 0 Å². The van der Waals surface area contributed by atoms with Gasteiger partial charge in [-0.3, -0.25) is 0 Å². The van der Waals surface area contributed by atoms with Crippen molar-refractivity contribution in [1.82, 2.24) is 4.90 Å². The molecule has 0 saturated carbocycles. The molecule has 6 nitrogen and oxygen atoms in total. The van der Waals surface area contributed by atoms with E-state index in [9.17, 15) is 18.4 Å². The lowest BCUT2D eigenvalue weighted by atomic mass is 10.1. The van der Waals surface area contributed by atoms with Crippen LogP contribution < -0.4 is 4.90 Å². The van der Waals surface area contributed by atoms with Gasteiger partial charge in [-0.15, -0.1) is 0 Å². The highest BCUT2D eigenvalue weighted by Crippen LogP contribution is 2.25. The summed E-state index contributed by atoms with van der Waals surface area (Å²) in [7, 11) is 0. The van der Waals surface area contributed by atoms with Crippen LogP contribution in [-0.4, -0.2) is 53.3 Å². The van der Waals surface area contributed by atoms with Gasteiger partial charge in [0.15, 0.2) is 0 Å². The zero-order valence-electron chi connectivity index (χ0n) is 14.7. The summed E-state index contributed by atoms with van der Waals surface area (Å²) in [5.74, 6) is -3.89. The summed E-state index contributed by atoms with van der Waals surface area (Å²) >= 11 is 0. The molecule has 1 aromatic rings. The van der Waals surface area contributed by atoms with Crippen LogP contribution in [0.1, 0.15) is 38.1 Å². The fraction of sp³-hybridized carbons (Fsp3) is 0.529. The van der Waals surface area contributed by atoms with Gasteiger partial charge in [-0.05, 0) is 39.8 Å². The molecule has 1 aliphatic heterocycles. The molecule has 1 unspecified atom stereocenters. The Morgan fingerprint density at radius 3 is 2.20 bits per heavy atom. The number of anilines is 1. The molecule has 1 aromatic carbocycles. The number of benzene rings is 1. The van der Waals surface area contributed by atoms with Crippen molar-refractivity contribution < 1.29 is 28.2 Å². The number of piperazine rings is 1. The van der Waals surface area contributed by atoms with Crippen LogP contribution in [0.5, 0.6) is 0 Å². The molecule has 2 rings (SSSR count). The van der Waals surface area contributed by atoms with Gasteiger partial charge >= 0.3 is 12.1 Å². The third-order valence-electron chi connectivity index (χ3n) is 3.86. The summed E-state index contributed by atoms with van der Waals surface area (Å²) in [5.41, 5.74) is -1.33. The van der Waals surface area contributed by atoms with Crippen LogP contribution in [0.25, 0.3) is 0 Å². The van der Waals surface area contributed by atoms with Crippen molar-refractivity contribution in [2.45, 2.75) is 39.3 Å². The highest BCUT2D eigenvalue weighted by Gasteiger charge is 2.31. The Morgan fingerprint density at radius 2 is 1.76 bits per heavy atom. The lowest BCUT2D eigenvalue weighted by molar-refractivity contribution is 0.0158. The van der Waals surface area contributed by atoms with E-state index in [1.165, 1.54) is 0 Å². The highest BCUT2D eigenvalue weighted by atomic mass is 19.1. The molecule has 0 aliphatic carbocycles. The third-order valence-corrected chi connectivity index (χ3v) is 3.86. The largest absolute Gasteiger partial charge is 0.477 e. The minimum atomic E-state index is -1.65. The number of amides is 1. The first-order valence-electron chi connectivity index (χ1n) is 7.96. The van der Waals surface area contributed by atoms with Crippen LogP contribution in [0, 0.1) is 11.6 Å². The van der Waals surface area contributed by atoms with Gasteiger partial charge in [0.05, 0.1) is 0 Å². The minimum Gasteiger partial charge on any atom is -0.477 e. The number of hydrogen-bond donors (Lipinski definition) is 1. The molecule has 1 saturated heterocycles. The smallest absolute Gasteiger partial charge is 0.410 e. The number of aromatic carboxylic acids is 1. The van der Waals surface area contributed by atoms with E-state index in [0.29, 0.717) is 19.6 Å². The Hall–Kier alpha value is -2.38. The maximum absolute atomic E-state index is 13.9. The number of rotatable bonds is 2. The Morgan fingerprint density at radius 1 is 1.20 bits per heavy atom. The van der Waals surface area contributed by atoms with Gasteiger partial charge in [0, 0.05) is 31.4 Å². The minimum absolute atomic E-state index is 0.228. The summed E-state index contributed by atoms with van der Waals surface area (Å²) in [5, 5.41) is 8.83. The average Bonchev–Trinajstić information content (AvgIpc) is 2.43. The summed E-state index contributed by atoms with van der Waals surface area (Å²) in [6.45, 7) is 8.19. The zero-order chi connectivity index (χ0) is 18.9. The van der Waals surface area contributed by atoms with E-state index >= 15 is 0 Å². The van der Waals surface area contributed by atoms with E-state index in [4.69, 9.17) is 9.84 Å². The SMILES string of the molecule is CC1CN(c2cc(F)c(C(=O)O)c(F)c2)CCN1C(=O)OC(C)(C)C. The predicted octanol–water partition coefficient (Wildman–Crippen LogP) is 3.11. The number of nitrogens with zero attached hydrogens (tertiary/aromatic N) is 2. The van der Waals surface area contributed by atoms with E-state index < -0.39 is 34.9 Å². The summed E-state index contributed by atoms with van der Waals surface area (Å²) in [6, 6.07) is 1.78. The fourth-order valence-electron chi connectivity index (χ4n) is 2.73. The fourth-order valence-corrected chi connectivity index (χ4v) is 2.73. The van der Waals surface area contributed by atoms with Crippen molar-refractivity contribution in [2.24, 2.45) is 0 Å². The maximum atomic E-state index is 13.9. The molecule has 1 heterocycles. The number of carbonyl (C=O) groups excluding carboxylic acids is 1. The molecule has 1 fully saturated rings. The second-order valence-electron chi connectivity index (χ2n) is 7.06. The standard InChI is InChI=1S/C17H22F2N2O4/c1-10-9-20(5-6-21(10)16(24)25-17(2,3)4)11-7-12(18)14(15(22)23)13(19)8-11/h7-8,10H,5-6,9H2,1-4H3,(H,22,23). The van der Waals surface area contributed by atoms with Crippen molar-refractivity contribution >= 4 is 17.7 Å². The third kappa shape index (κ3) is 4.37. The van der Waals surface area contributed by atoms with Gasteiger partial charge in [-0.25, -0.2) is 18.4 Å². The lowest BCUT2D eigenvalue weighted by Crippen LogP contribution is -2.55. The van der Waals surface area contributed by atoms with Crippen molar-refractivity contribution in [3.05, 3.63) is 29.3 Å². The molecular formula is C17H22F2N2O4. The van der Waals surface area contributed by atoms with Crippen LogP contribution >= 0.6 is 0 Å². The molecule has 1 atom stereocenters. The van der Waals surface area contributed by atoms with E-state index in [0.717, 1.165) is 12.1 Å². The topological polar surface area (TPSA) is 70.1 Å². The van der Waals surface area contributed by atoms with Crippen LogP contribution in [0.15, 0.2) is 12.1 Å². The van der Waals surface area contributed by atoms with Gasteiger partial charge in [-0.2, -0.15) is 0 Å². The second-order valence-corrected chi connectivity index (χ2v) is 7.06. The van der Waals surface area contributed by atoms with Crippen LogP contribution in [-0.2, 0) is 4.74 Å². The maximum Gasteiger partial charge on any atom is 0.410 e. The molecule has 1 N–H and O–H groups in total. The summed E-state index contributed by atoms with van der Waals surface area (Å²) in [4.78, 5) is 26.3. The predicted molar refractivity (Wildman–Crippen MR) is 87.9 cm³/mol. The van der Waals surface area contributed by atoms with E-state index in [2.05, 4.69) is 0 Å². The Labute approximate surface area is 145 Å². The molecule has 138 valence electrons. The molecule has 0 radical (unpaired) electrons. The van der Waals surface area contributed by atoms with E-state index in [-0.39, 0.29) is 11.7 Å². The molecule has 0 bridgehead atoms. The van der Waals surface area contributed by atoms with Gasteiger partial charge in [0.1, 0.15) is 22.8 Å². The Kier molecular flexibility index (Phi) is 5.20. The summed E-state index contributed by atoms with van der Waals surface area (Å²) in [6.07, 6.45) is -0.432. The molecule has 8 heteroatoms. The van der Waals surface area contributed by atoms with Crippen LogP contribution in [0.4, 0.5) is 19.3 Å². The van der Waals surface area contributed by atoms with Gasteiger partial charge in [0.25, 0.3) is 0 Å². The molecule has 1 amide bonds. The first-order valence-corrected chi connectivity index (χ1v) is 7.96. The van der Waals surface area contributed by atoms with Crippen LogP contribution in [0.2, 0.25) is 0 Å². The Balaban J connectivity index is 2.13. The van der Waals surface area contributed by atoms with Crippen molar-refractivity contribution in [3.8, 4) is 0 Å². The number of carbonyl (C=O) groups is 2. The first-order chi connectivity index (χ1) is 11.5. The van der Waals surface area contributed by atoms with Crippen molar-refractivity contribution in [1.29, 1.82) is 0 Å². The molecular weight excluding hydrogens is 334 g/mol. The number of carboxylic acid groups (broad SMARTS) is 1. The second kappa shape index (κ2) is 6.85. The summed E-state index contributed by atoms with van der Waals surface area (Å²) < 4.78 is 33.1. The average molecular weight is 356 g/mol. The zero-order valence-corrected chi connectivity index (χ0v) is 14.7. The normalized spacial score (nSPS) is 18.2. The molecule has 1 aliphatic rings. The molecule has 0 aromatic heterocycles. The number of carboxylic acids is 1. The van der Waals surface area contributed by atoms with E-state index in [1.807, 2.05) is 6.92 Å².